The van der Waals surface area contributed by atoms with Gasteiger partial charge in [-0.3, -0.25) is 0 Å². The highest BCUT2D eigenvalue weighted by Gasteiger charge is 2.22. The van der Waals surface area contributed by atoms with E-state index >= 15 is 0 Å². The minimum absolute atomic E-state index is 0.864. The minimum atomic E-state index is 0.864. The van der Waals surface area contributed by atoms with Gasteiger partial charge in [-0.05, 0) is 57.4 Å². The van der Waals surface area contributed by atoms with Gasteiger partial charge in [0.05, 0.1) is 0 Å². The van der Waals surface area contributed by atoms with E-state index in [1.54, 1.807) is 5.57 Å². The Morgan fingerprint density at radius 2 is 2.06 bits per heavy atom. The van der Waals surface area contributed by atoms with Crippen LogP contribution in [0.5, 0.6) is 0 Å². The maximum atomic E-state index is 3.59. The normalized spacial score (nSPS) is 30.6. The van der Waals surface area contributed by atoms with E-state index in [1.807, 2.05) is 0 Å². The van der Waals surface area contributed by atoms with Gasteiger partial charge in [-0.2, -0.15) is 0 Å². The van der Waals surface area contributed by atoms with Gasteiger partial charge in [0, 0.05) is 6.04 Å². The number of hydrogen-bond donors (Lipinski definition) is 1. The first-order chi connectivity index (χ1) is 8.29. The van der Waals surface area contributed by atoms with Crippen molar-refractivity contribution in [2.24, 2.45) is 11.8 Å². The van der Waals surface area contributed by atoms with Gasteiger partial charge < -0.3 is 5.32 Å². The van der Waals surface area contributed by atoms with Crippen LogP contribution in [0.15, 0.2) is 11.6 Å². The molecule has 0 spiro atoms. The van der Waals surface area contributed by atoms with Crippen molar-refractivity contribution in [3.8, 4) is 0 Å². The zero-order chi connectivity index (χ0) is 12.1. The van der Waals surface area contributed by atoms with E-state index in [1.165, 1.54) is 57.9 Å². The van der Waals surface area contributed by atoms with Gasteiger partial charge >= 0.3 is 0 Å². The van der Waals surface area contributed by atoms with Crippen LogP contribution < -0.4 is 5.32 Å². The second-order valence-corrected chi connectivity index (χ2v) is 6.10. The van der Waals surface area contributed by atoms with Crippen LogP contribution in [0.4, 0.5) is 0 Å². The quantitative estimate of drug-likeness (QED) is 0.535. The Hall–Kier alpha value is -0.300. The van der Waals surface area contributed by atoms with Gasteiger partial charge in [-0.1, -0.05) is 37.8 Å². The zero-order valence-corrected chi connectivity index (χ0v) is 11.7. The summed E-state index contributed by atoms with van der Waals surface area (Å²) in [6, 6.07) is 0.864. The molecule has 1 heteroatoms. The number of nitrogens with one attached hydrogen (secondary N) is 1. The molecule has 0 aromatic carbocycles. The van der Waals surface area contributed by atoms with E-state index in [2.05, 4.69) is 25.2 Å². The van der Waals surface area contributed by atoms with Crippen molar-refractivity contribution in [3.63, 3.8) is 0 Å². The Morgan fingerprint density at radius 1 is 1.24 bits per heavy atom. The van der Waals surface area contributed by atoms with Crippen LogP contribution in [-0.4, -0.2) is 12.6 Å². The zero-order valence-electron chi connectivity index (χ0n) is 11.7. The summed E-state index contributed by atoms with van der Waals surface area (Å²) >= 11 is 0. The monoisotopic (exact) mass is 235 g/mol. The summed E-state index contributed by atoms with van der Waals surface area (Å²) in [5.41, 5.74) is 1.67. The van der Waals surface area contributed by atoms with Crippen molar-refractivity contribution < 1.29 is 0 Å². The lowest BCUT2D eigenvalue weighted by atomic mass is 9.77. The fraction of sp³-hybridized carbons (Fsp3) is 0.875. The van der Waals surface area contributed by atoms with Crippen LogP contribution in [0.3, 0.4) is 0 Å². The summed E-state index contributed by atoms with van der Waals surface area (Å²) in [5, 5.41) is 3.59. The van der Waals surface area contributed by atoms with Gasteiger partial charge in [-0.15, -0.1) is 0 Å². The molecule has 0 bridgehead atoms. The summed E-state index contributed by atoms with van der Waals surface area (Å²) in [6.07, 6.45) is 13.7. The van der Waals surface area contributed by atoms with Crippen molar-refractivity contribution in [2.45, 2.75) is 71.3 Å². The maximum Gasteiger partial charge on any atom is 0.00683 e. The largest absolute Gasteiger partial charge is 0.314 e. The summed E-state index contributed by atoms with van der Waals surface area (Å²) < 4.78 is 0. The molecule has 0 aromatic rings. The Bertz CT molecular complexity index is 252. The van der Waals surface area contributed by atoms with Crippen LogP contribution in [0, 0.1) is 11.8 Å². The molecule has 98 valence electrons. The van der Waals surface area contributed by atoms with Gasteiger partial charge in [0.15, 0.2) is 0 Å². The minimum Gasteiger partial charge on any atom is -0.314 e. The first-order valence-corrected chi connectivity index (χ1v) is 7.69. The molecular weight excluding hydrogens is 206 g/mol. The molecule has 17 heavy (non-hydrogen) atoms. The van der Waals surface area contributed by atoms with E-state index in [-0.39, 0.29) is 0 Å². The average molecular weight is 235 g/mol. The smallest absolute Gasteiger partial charge is 0.00683 e. The van der Waals surface area contributed by atoms with Crippen LogP contribution >= 0.6 is 0 Å². The molecule has 0 saturated heterocycles. The van der Waals surface area contributed by atoms with Crippen molar-refractivity contribution in [1.82, 2.24) is 5.32 Å². The van der Waals surface area contributed by atoms with E-state index in [4.69, 9.17) is 0 Å². The van der Waals surface area contributed by atoms with Crippen LogP contribution in [-0.2, 0) is 0 Å². The fourth-order valence-electron chi connectivity index (χ4n) is 3.12. The van der Waals surface area contributed by atoms with E-state index in [0.717, 1.165) is 17.9 Å². The SMILES string of the molecule is CCC1CCCC(C(C)=CCCNC2CC2)C1. The Kier molecular flexibility index (Phi) is 5.09. The van der Waals surface area contributed by atoms with Crippen LogP contribution in [0.25, 0.3) is 0 Å². The lowest BCUT2D eigenvalue weighted by Gasteiger charge is -2.29. The molecule has 2 rings (SSSR count). The molecule has 0 amide bonds. The lowest BCUT2D eigenvalue weighted by Crippen LogP contribution is -2.18. The number of allylic oxidation sites excluding steroid dienone is 1. The van der Waals surface area contributed by atoms with Crippen molar-refractivity contribution >= 4 is 0 Å². The van der Waals surface area contributed by atoms with E-state index < -0.39 is 0 Å². The third-order valence-electron chi connectivity index (χ3n) is 4.63. The highest BCUT2D eigenvalue weighted by atomic mass is 14.9. The third kappa shape index (κ3) is 4.46. The molecule has 0 aromatic heterocycles. The molecule has 1 N–H and O–H groups in total. The van der Waals surface area contributed by atoms with Gasteiger partial charge in [0.1, 0.15) is 0 Å². The molecule has 0 aliphatic heterocycles. The molecular formula is C16H29N. The predicted octanol–water partition coefficient (Wildman–Crippen LogP) is 4.29. The van der Waals surface area contributed by atoms with Crippen LogP contribution in [0.2, 0.25) is 0 Å². The molecule has 2 atom stereocenters. The molecule has 2 aliphatic carbocycles. The Morgan fingerprint density at radius 3 is 2.76 bits per heavy atom. The fourth-order valence-corrected chi connectivity index (χ4v) is 3.12. The molecule has 2 unspecified atom stereocenters. The molecule has 2 saturated carbocycles. The Labute approximate surface area is 107 Å². The van der Waals surface area contributed by atoms with Crippen molar-refractivity contribution in [1.29, 1.82) is 0 Å². The first-order valence-electron chi connectivity index (χ1n) is 7.69. The summed E-state index contributed by atoms with van der Waals surface area (Å²) in [6.45, 7) is 5.90. The highest BCUT2D eigenvalue weighted by molar-refractivity contribution is 5.05. The van der Waals surface area contributed by atoms with Gasteiger partial charge in [0.2, 0.25) is 0 Å². The molecule has 1 nitrogen and oxygen atoms in total. The molecule has 0 heterocycles. The number of hydrogen-bond acceptors (Lipinski definition) is 1. The summed E-state index contributed by atoms with van der Waals surface area (Å²) in [5.74, 6) is 1.90. The Balaban J connectivity index is 1.68. The molecule has 2 fully saturated rings. The first kappa shape index (κ1) is 13.1. The summed E-state index contributed by atoms with van der Waals surface area (Å²) in [4.78, 5) is 0. The third-order valence-corrected chi connectivity index (χ3v) is 4.63. The van der Waals surface area contributed by atoms with E-state index in [0.29, 0.717) is 0 Å². The van der Waals surface area contributed by atoms with Gasteiger partial charge in [0.25, 0.3) is 0 Å². The molecule has 0 radical (unpaired) electrons. The highest BCUT2D eigenvalue weighted by Crippen LogP contribution is 2.35. The topological polar surface area (TPSA) is 12.0 Å². The second-order valence-electron chi connectivity index (χ2n) is 6.10. The lowest BCUT2D eigenvalue weighted by molar-refractivity contribution is 0.288. The van der Waals surface area contributed by atoms with Gasteiger partial charge in [-0.25, -0.2) is 0 Å². The van der Waals surface area contributed by atoms with Crippen molar-refractivity contribution in [3.05, 3.63) is 11.6 Å². The maximum absolute atomic E-state index is 3.59. The average Bonchev–Trinajstić information content (AvgIpc) is 3.18. The predicted molar refractivity (Wildman–Crippen MR) is 75.1 cm³/mol. The molecule has 2 aliphatic rings. The standard InChI is InChI=1S/C16H29N/c1-3-14-7-4-8-15(12-14)13(2)6-5-11-17-16-9-10-16/h6,14-17H,3-5,7-12H2,1-2H3. The second kappa shape index (κ2) is 6.58. The number of rotatable bonds is 6. The van der Waals surface area contributed by atoms with Crippen LogP contribution in [0.1, 0.15) is 65.2 Å². The van der Waals surface area contributed by atoms with Crippen molar-refractivity contribution in [2.75, 3.05) is 6.54 Å². The van der Waals surface area contributed by atoms with E-state index in [9.17, 15) is 0 Å². The summed E-state index contributed by atoms with van der Waals surface area (Å²) in [7, 11) is 0.